The molecule has 0 saturated heterocycles. The normalized spacial score (nSPS) is 11.7. The highest BCUT2D eigenvalue weighted by Gasteiger charge is 2.29. The van der Waals surface area contributed by atoms with Crippen molar-refractivity contribution in [3.8, 4) is 0 Å². The number of carbonyl (C=O) groups excluding carboxylic acids is 1. The van der Waals surface area contributed by atoms with Crippen molar-refractivity contribution in [1.29, 1.82) is 0 Å². The lowest BCUT2D eigenvalue weighted by Crippen LogP contribution is -2.34. The van der Waals surface area contributed by atoms with Gasteiger partial charge in [0.2, 0.25) is 5.91 Å². The van der Waals surface area contributed by atoms with Gasteiger partial charge in [0.15, 0.2) is 11.6 Å². The molecular weight excluding hydrogens is 410 g/mol. The van der Waals surface area contributed by atoms with Crippen LogP contribution in [-0.2, 0) is 20.2 Å². The Bertz CT molecular complexity index is 1160. The molecule has 156 valence electrons. The van der Waals surface area contributed by atoms with Crippen LogP contribution in [0.5, 0.6) is 0 Å². The number of benzene rings is 3. The predicted molar refractivity (Wildman–Crippen MR) is 112 cm³/mol. The fraction of sp³-hybridized carbons (Fsp3) is 0.136. The first-order chi connectivity index (χ1) is 14.1. The van der Waals surface area contributed by atoms with Gasteiger partial charge < -0.3 is 5.32 Å². The minimum absolute atomic E-state index is 0.208. The van der Waals surface area contributed by atoms with E-state index in [-0.39, 0.29) is 11.6 Å². The number of nitrogens with one attached hydrogen (secondary N) is 2. The Balaban J connectivity index is 1.72. The smallest absolute Gasteiger partial charge is 0.261 e. The van der Waals surface area contributed by atoms with E-state index in [2.05, 4.69) is 10.0 Å². The molecule has 5 nitrogen and oxygen atoms in total. The molecule has 0 radical (unpaired) electrons. The third kappa shape index (κ3) is 4.65. The number of hydrogen-bond donors (Lipinski definition) is 2. The molecule has 0 aliphatic carbocycles. The SMILES string of the molecule is CC(C)(C(=O)Nc1ccc(NS(=O)(=O)c2ccc(F)c(F)c2)cc1)c1ccccc1. The summed E-state index contributed by atoms with van der Waals surface area (Å²) in [7, 11) is -4.09. The van der Waals surface area contributed by atoms with Gasteiger partial charge in [0.1, 0.15) is 0 Å². The summed E-state index contributed by atoms with van der Waals surface area (Å²) in [6, 6.07) is 17.7. The van der Waals surface area contributed by atoms with Crippen molar-refractivity contribution in [3.05, 3.63) is 90.0 Å². The minimum atomic E-state index is -4.09. The van der Waals surface area contributed by atoms with Crippen LogP contribution in [0, 0.1) is 11.6 Å². The molecule has 0 spiro atoms. The van der Waals surface area contributed by atoms with Crippen LogP contribution in [-0.4, -0.2) is 14.3 Å². The highest BCUT2D eigenvalue weighted by molar-refractivity contribution is 7.92. The number of anilines is 2. The number of halogens is 2. The molecule has 0 aromatic heterocycles. The fourth-order valence-corrected chi connectivity index (χ4v) is 3.82. The topological polar surface area (TPSA) is 75.3 Å². The van der Waals surface area contributed by atoms with E-state index in [4.69, 9.17) is 0 Å². The van der Waals surface area contributed by atoms with E-state index < -0.39 is 32.0 Å². The third-order valence-corrected chi connectivity index (χ3v) is 6.04. The summed E-state index contributed by atoms with van der Waals surface area (Å²) in [5, 5.41) is 2.81. The highest BCUT2D eigenvalue weighted by Crippen LogP contribution is 2.26. The van der Waals surface area contributed by atoms with Crippen molar-refractivity contribution >= 4 is 27.3 Å². The Morgan fingerprint density at radius 2 is 1.43 bits per heavy atom. The maximum Gasteiger partial charge on any atom is 0.261 e. The van der Waals surface area contributed by atoms with E-state index in [0.29, 0.717) is 11.8 Å². The van der Waals surface area contributed by atoms with E-state index in [1.165, 1.54) is 12.1 Å². The van der Waals surface area contributed by atoms with Crippen LogP contribution in [0.4, 0.5) is 20.2 Å². The van der Waals surface area contributed by atoms with Gasteiger partial charge in [-0.05, 0) is 61.9 Å². The van der Waals surface area contributed by atoms with Gasteiger partial charge in [-0.25, -0.2) is 17.2 Å². The van der Waals surface area contributed by atoms with Crippen LogP contribution >= 0.6 is 0 Å². The van der Waals surface area contributed by atoms with E-state index in [1.807, 2.05) is 44.2 Å². The van der Waals surface area contributed by atoms with Crippen LogP contribution in [0.3, 0.4) is 0 Å². The van der Waals surface area contributed by atoms with Gasteiger partial charge in [-0.3, -0.25) is 9.52 Å². The standard InChI is InChI=1S/C22H20F2N2O3S/c1-22(2,15-6-4-3-5-7-15)21(27)25-16-8-10-17(11-9-16)26-30(28,29)18-12-13-19(23)20(24)14-18/h3-14,26H,1-2H3,(H,25,27). The van der Waals surface area contributed by atoms with Crippen molar-refractivity contribution in [1.82, 2.24) is 0 Å². The van der Waals surface area contributed by atoms with Crippen LogP contribution in [0.2, 0.25) is 0 Å². The monoisotopic (exact) mass is 430 g/mol. The molecule has 0 saturated carbocycles. The second-order valence-electron chi connectivity index (χ2n) is 7.20. The molecule has 8 heteroatoms. The number of sulfonamides is 1. The molecule has 3 rings (SSSR count). The van der Waals surface area contributed by atoms with Crippen LogP contribution in [0.1, 0.15) is 19.4 Å². The summed E-state index contributed by atoms with van der Waals surface area (Å²) in [4.78, 5) is 12.3. The Kier molecular flexibility index (Phi) is 5.89. The fourth-order valence-electron chi connectivity index (χ4n) is 2.75. The van der Waals surface area contributed by atoms with E-state index >= 15 is 0 Å². The average molecular weight is 430 g/mol. The molecule has 3 aromatic rings. The van der Waals surface area contributed by atoms with Gasteiger partial charge in [0, 0.05) is 11.4 Å². The largest absolute Gasteiger partial charge is 0.325 e. The molecule has 0 fully saturated rings. The molecule has 1 amide bonds. The summed E-state index contributed by atoms with van der Waals surface area (Å²) in [5.74, 6) is -2.60. The summed E-state index contributed by atoms with van der Waals surface area (Å²) in [6.07, 6.45) is 0. The van der Waals surface area contributed by atoms with Gasteiger partial charge in [-0.15, -0.1) is 0 Å². The predicted octanol–water partition coefficient (Wildman–Crippen LogP) is 4.68. The zero-order valence-corrected chi connectivity index (χ0v) is 17.1. The van der Waals surface area contributed by atoms with Crippen molar-refractivity contribution in [3.63, 3.8) is 0 Å². The first-order valence-electron chi connectivity index (χ1n) is 9.04. The summed E-state index contributed by atoms with van der Waals surface area (Å²) in [6.45, 7) is 3.62. The van der Waals surface area contributed by atoms with Crippen molar-refractivity contribution in [2.45, 2.75) is 24.2 Å². The van der Waals surface area contributed by atoms with Crippen molar-refractivity contribution in [2.75, 3.05) is 10.0 Å². The van der Waals surface area contributed by atoms with Gasteiger partial charge >= 0.3 is 0 Å². The van der Waals surface area contributed by atoms with Gasteiger partial charge in [-0.2, -0.15) is 0 Å². The van der Waals surface area contributed by atoms with Crippen LogP contribution in [0.15, 0.2) is 77.7 Å². The van der Waals surface area contributed by atoms with E-state index in [0.717, 1.165) is 17.7 Å². The maximum absolute atomic E-state index is 13.3. The lowest BCUT2D eigenvalue weighted by molar-refractivity contribution is -0.120. The van der Waals surface area contributed by atoms with E-state index in [9.17, 15) is 22.0 Å². The lowest BCUT2D eigenvalue weighted by Gasteiger charge is -2.24. The minimum Gasteiger partial charge on any atom is -0.325 e. The van der Waals surface area contributed by atoms with Crippen LogP contribution < -0.4 is 10.0 Å². The Labute approximate surface area is 173 Å². The molecular formula is C22H20F2N2O3S. The Morgan fingerprint density at radius 3 is 2.03 bits per heavy atom. The highest BCUT2D eigenvalue weighted by atomic mass is 32.2. The van der Waals surface area contributed by atoms with Crippen molar-refractivity contribution < 1.29 is 22.0 Å². The zero-order chi connectivity index (χ0) is 21.9. The lowest BCUT2D eigenvalue weighted by atomic mass is 9.83. The number of amides is 1. The second-order valence-corrected chi connectivity index (χ2v) is 8.89. The quantitative estimate of drug-likeness (QED) is 0.596. The third-order valence-electron chi connectivity index (χ3n) is 4.66. The number of carbonyl (C=O) groups is 1. The first-order valence-corrected chi connectivity index (χ1v) is 10.5. The Hall–Kier alpha value is -3.26. The molecule has 0 atom stereocenters. The summed E-state index contributed by atoms with van der Waals surface area (Å²) >= 11 is 0. The molecule has 2 N–H and O–H groups in total. The molecule has 0 unspecified atom stereocenters. The van der Waals surface area contributed by atoms with Crippen LogP contribution in [0.25, 0.3) is 0 Å². The van der Waals surface area contributed by atoms with E-state index in [1.54, 1.807) is 12.1 Å². The molecule has 0 aliphatic rings. The molecule has 0 heterocycles. The molecule has 3 aromatic carbocycles. The second kappa shape index (κ2) is 8.23. The summed E-state index contributed by atoms with van der Waals surface area (Å²) in [5.41, 5.74) is 0.784. The Morgan fingerprint density at radius 1 is 0.833 bits per heavy atom. The number of hydrogen-bond acceptors (Lipinski definition) is 3. The van der Waals surface area contributed by atoms with Crippen molar-refractivity contribution in [2.24, 2.45) is 0 Å². The maximum atomic E-state index is 13.3. The zero-order valence-electron chi connectivity index (χ0n) is 16.3. The number of rotatable bonds is 6. The van der Waals surface area contributed by atoms with Gasteiger partial charge in [0.25, 0.3) is 10.0 Å². The molecule has 0 aliphatic heterocycles. The van der Waals surface area contributed by atoms with Gasteiger partial charge in [-0.1, -0.05) is 30.3 Å². The van der Waals surface area contributed by atoms with Gasteiger partial charge in [0.05, 0.1) is 10.3 Å². The first kappa shape index (κ1) is 21.4. The average Bonchev–Trinajstić information content (AvgIpc) is 2.71. The summed E-state index contributed by atoms with van der Waals surface area (Å²) < 4.78 is 53.3. The molecule has 0 bridgehead atoms. The molecule has 30 heavy (non-hydrogen) atoms.